The van der Waals surface area contributed by atoms with E-state index in [9.17, 15) is 13.2 Å². The highest BCUT2D eigenvalue weighted by molar-refractivity contribution is 14.1. The zero-order chi connectivity index (χ0) is 6.78. The van der Waals surface area contributed by atoms with Gasteiger partial charge in [-0.1, -0.05) is 22.6 Å². The zero-order valence-corrected chi connectivity index (χ0v) is 5.90. The maximum Gasteiger partial charge on any atom is 0.402 e. The average Bonchev–Trinajstić information content (AvgIpc) is 1.62. The van der Waals surface area contributed by atoms with Crippen LogP contribution in [-0.2, 0) is 0 Å². The molecule has 8 heavy (non-hydrogen) atoms. The van der Waals surface area contributed by atoms with Gasteiger partial charge >= 0.3 is 6.18 Å². The van der Waals surface area contributed by atoms with E-state index in [2.05, 4.69) is 0 Å². The lowest BCUT2D eigenvalue weighted by Gasteiger charge is -2.09. The van der Waals surface area contributed by atoms with Crippen molar-refractivity contribution in [1.29, 1.82) is 0 Å². The molecule has 0 aliphatic heterocycles. The van der Waals surface area contributed by atoms with Crippen LogP contribution in [0, 0.1) is 0 Å². The molecule has 1 nitrogen and oxygen atoms in total. The third kappa shape index (κ3) is 2.71. The molecule has 0 aromatic rings. The molecule has 0 amide bonds. The Morgan fingerprint density at radius 3 is 1.88 bits per heavy atom. The van der Waals surface area contributed by atoms with Gasteiger partial charge in [-0.25, -0.2) is 0 Å². The van der Waals surface area contributed by atoms with Crippen LogP contribution >= 0.6 is 22.6 Å². The molecule has 0 aliphatic carbocycles. The number of hydrogen-bond donors (Lipinski definition) is 1. The second-order valence-electron chi connectivity index (χ2n) is 1.19. The number of alkyl halides is 4. The second kappa shape index (κ2) is 2.86. The molecule has 0 saturated carbocycles. The first kappa shape index (κ1) is 8.48. The Kier molecular flexibility index (Phi) is 3.03. The smallest absolute Gasteiger partial charge is 0.395 e. The van der Waals surface area contributed by atoms with E-state index in [1.54, 1.807) is 0 Å². The van der Waals surface area contributed by atoms with Crippen LogP contribution in [-0.4, -0.2) is 21.8 Å². The third-order valence-corrected chi connectivity index (χ3v) is 1.62. The Labute approximate surface area is 58.0 Å². The molecule has 1 atom stereocenters. The highest BCUT2D eigenvalue weighted by Gasteiger charge is 2.36. The van der Waals surface area contributed by atoms with Gasteiger partial charge in [0.25, 0.3) is 0 Å². The Morgan fingerprint density at radius 1 is 1.50 bits per heavy atom. The van der Waals surface area contributed by atoms with E-state index in [1.165, 1.54) is 0 Å². The fraction of sp³-hybridized carbons (Fsp3) is 1.00. The topological polar surface area (TPSA) is 20.2 Å². The number of aliphatic hydroxyl groups is 1. The van der Waals surface area contributed by atoms with E-state index in [1.807, 2.05) is 0 Å². The van der Waals surface area contributed by atoms with Gasteiger partial charge in [0, 0.05) is 0 Å². The fourth-order valence-electron chi connectivity index (χ4n) is 0.104. The van der Waals surface area contributed by atoms with Gasteiger partial charge < -0.3 is 5.11 Å². The van der Waals surface area contributed by atoms with E-state index in [4.69, 9.17) is 5.11 Å². The minimum atomic E-state index is -4.25. The van der Waals surface area contributed by atoms with Gasteiger partial charge in [-0.2, -0.15) is 13.2 Å². The van der Waals surface area contributed by atoms with Crippen molar-refractivity contribution in [1.82, 2.24) is 0 Å². The van der Waals surface area contributed by atoms with Crippen LogP contribution in [0.3, 0.4) is 0 Å². The van der Waals surface area contributed by atoms with Crippen LogP contribution in [0.15, 0.2) is 0 Å². The van der Waals surface area contributed by atoms with Crippen LogP contribution in [0.1, 0.15) is 0 Å². The number of hydrogen-bond acceptors (Lipinski definition) is 1. The molecule has 0 spiro atoms. The summed E-state index contributed by atoms with van der Waals surface area (Å²) in [5.41, 5.74) is 0. The summed E-state index contributed by atoms with van der Waals surface area (Å²) in [4.78, 5) is 0. The molecule has 1 N–H and O–H groups in total. The van der Waals surface area contributed by atoms with E-state index >= 15 is 0 Å². The van der Waals surface area contributed by atoms with Crippen molar-refractivity contribution in [3.63, 3.8) is 0 Å². The third-order valence-electron chi connectivity index (χ3n) is 0.515. The van der Waals surface area contributed by atoms with Crippen LogP contribution in [0.4, 0.5) is 13.2 Å². The summed E-state index contributed by atoms with van der Waals surface area (Å²) in [6.45, 7) is -0.843. The number of halogens is 4. The highest BCUT2D eigenvalue weighted by Crippen LogP contribution is 2.25. The zero-order valence-electron chi connectivity index (χ0n) is 3.74. The molecule has 0 aliphatic rings. The Morgan fingerprint density at radius 2 is 1.88 bits per heavy atom. The molecule has 0 aromatic carbocycles. The predicted octanol–water partition coefficient (Wildman–Crippen LogP) is 1.34. The molecule has 1 unspecified atom stereocenters. The molecule has 50 valence electrons. The molecule has 0 rings (SSSR count). The first-order valence-corrected chi connectivity index (χ1v) is 3.04. The SMILES string of the molecule is OCC(I)C(F)(F)F. The lowest BCUT2D eigenvalue weighted by atomic mass is 10.5. The van der Waals surface area contributed by atoms with E-state index < -0.39 is 16.7 Å². The number of rotatable bonds is 1. The normalized spacial score (nSPS) is 16.1. The lowest BCUT2D eigenvalue weighted by molar-refractivity contribution is -0.130. The maximum atomic E-state index is 11.3. The minimum Gasteiger partial charge on any atom is -0.395 e. The summed E-state index contributed by atoms with van der Waals surface area (Å²) < 4.78 is 32.2. The van der Waals surface area contributed by atoms with Crippen molar-refractivity contribution in [2.24, 2.45) is 0 Å². The van der Waals surface area contributed by atoms with Gasteiger partial charge in [-0.15, -0.1) is 0 Å². The quantitative estimate of drug-likeness (QED) is 0.541. The van der Waals surface area contributed by atoms with Crippen LogP contribution in [0.25, 0.3) is 0 Å². The van der Waals surface area contributed by atoms with Crippen molar-refractivity contribution in [3.8, 4) is 0 Å². The molecular formula is C3H4F3IO. The lowest BCUT2D eigenvalue weighted by Crippen LogP contribution is -2.25. The summed E-state index contributed by atoms with van der Waals surface area (Å²) in [7, 11) is 0. The Hall–Kier alpha value is 0.480. The first-order valence-electron chi connectivity index (χ1n) is 1.80. The van der Waals surface area contributed by atoms with Crippen LogP contribution in [0.5, 0.6) is 0 Å². The van der Waals surface area contributed by atoms with Gasteiger partial charge in [0.15, 0.2) is 0 Å². The minimum absolute atomic E-state index is 0.843. The largest absolute Gasteiger partial charge is 0.402 e. The van der Waals surface area contributed by atoms with Gasteiger partial charge in [0.2, 0.25) is 0 Å². The molecule has 0 aromatic heterocycles. The molecular weight excluding hydrogens is 236 g/mol. The van der Waals surface area contributed by atoms with Crippen molar-refractivity contribution < 1.29 is 18.3 Å². The average molecular weight is 240 g/mol. The fourth-order valence-corrected chi connectivity index (χ4v) is 0.104. The van der Waals surface area contributed by atoms with Crippen molar-refractivity contribution >= 4 is 22.6 Å². The monoisotopic (exact) mass is 240 g/mol. The maximum absolute atomic E-state index is 11.3. The summed E-state index contributed by atoms with van der Waals surface area (Å²) in [6.07, 6.45) is -4.25. The van der Waals surface area contributed by atoms with Gasteiger partial charge in [0.05, 0.1) is 6.61 Å². The van der Waals surface area contributed by atoms with E-state index in [0.717, 1.165) is 22.6 Å². The van der Waals surface area contributed by atoms with Crippen molar-refractivity contribution in [2.45, 2.75) is 10.1 Å². The van der Waals surface area contributed by atoms with Crippen LogP contribution in [0.2, 0.25) is 0 Å². The van der Waals surface area contributed by atoms with E-state index in [0.29, 0.717) is 0 Å². The van der Waals surface area contributed by atoms with E-state index in [-0.39, 0.29) is 0 Å². The molecule has 0 radical (unpaired) electrons. The Balaban J connectivity index is 3.62. The van der Waals surface area contributed by atoms with Gasteiger partial charge in [-0.05, 0) is 0 Å². The summed E-state index contributed by atoms with van der Waals surface area (Å²) in [5.74, 6) is 0. The molecule has 0 bridgehead atoms. The van der Waals surface area contributed by atoms with Crippen LogP contribution < -0.4 is 0 Å². The highest BCUT2D eigenvalue weighted by atomic mass is 127. The molecule has 0 heterocycles. The van der Waals surface area contributed by atoms with Gasteiger partial charge in [0.1, 0.15) is 3.92 Å². The first-order chi connectivity index (χ1) is 3.48. The molecule has 0 saturated heterocycles. The summed E-state index contributed by atoms with van der Waals surface area (Å²) in [5, 5.41) is 7.94. The second-order valence-corrected chi connectivity index (χ2v) is 2.70. The predicted molar refractivity (Wildman–Crippen MR) is 30.9 cm³/mol. The summed E-state index contributed by atoms with van der Waals surface area (Å²) >= 11 is 1.14. The van der Waals surface area contributed by atoms with Crippen molar-refractivity contribution in [2.75, 3.05) is 6.61 Å². The standard InChI is InChI=1S/C3H4F3IO/c4-3(5,6)2(7)1-8/h2,8H,1H2. The van der Waals surface area contributed by atoms with Gasteiger partial charge in [-0.3, -0.25) is 0 Å². The molecule has 5 heteroatoms. The Bertz CT molecular complexity index is 71.4. The number of aliphatic hydroxyl groups excluding tert-OH is 1. The molecule has 0 fully saturated rings. The van der Waals surface area contributed by atoms with Crippen molar-refractivity contribution in [3.05, 3.63) is 0 Å². The summed E-state index contributed by atoms with van der Waals surface area (Å²) in [6, 6.07) is 0.